The summed E-state index contributed by atoms with van der Waals surface area (Å²) in [6.45, 7) is 3.31. The Kier molecular flexibility index (Phi) is 18.8. The number of amides is 1. The van der Waals surface area contributed by atoms with Gasteiger partial charge < -0.3 is 5.73 Å². The molecule has 2 N–H and O–H groups in total. The molecule has 1 aromatic heterocycles. The van der Waals surface area contributed by atoms with Crippen LogP contribution in [0.1, 0.15) is 120 Å². The number of halogens is 1. The first kappa shape index (κ1) is 27.1. The number of hydrogen-bond acceptors (Lipinski definition) is 1. The van der Waals surface area contributed by atoms with Crippen LogP contribution in [0.2, 0.25) is 0 Å². The van der Waals surface area contributed by atoms with E-state index in [1.807, 2.05) is 12.4 Å². The average Bonchev–Trinajstić information content (AvgIpc) is 2.68. The Labute approximate surface area is 184 Å². The minimum atomic E-state index is -0.357. The Hall–Kier alpha value is -0.900. The molecule has 0 aromatic carbocycles. The van der Waals surface area contributed by atoms with E-state index < -0.39 is 0 Å². The smallest absolute Gasteiger partial charge is 0.249 e. The molecule has 1 rings (SSSR count). The number of aromatic nitrogens is 1. The first-order valence-electron chi connectivity index (χ1n) is 11.5. The van der Waals surface area contributed by atoms with E-state index in [0.29, 0.717) is 5.56 Å². The maximum Gasteiger partial charge on any atom is 0.249 e. The molecule has 0 aliphatic carbocycles. The first-order valence-corrected chi connectivity index (χ1v) is 11.5. The highest BCUT2D eigenvalue weighted by Crippen LogP contribution is 2.13. The number of rotatable bonds is 18. The Morgan fingerprint density at radius 1 is 0.714 bits per heavy atom. The monoisotopic (exact) mass is 455 g/mol. The van der Waals surface area contributed by atoms with Crippen LogP contribution < -0.4 is 10.3 Å². The lowest BCUT2D eigenvalue weighted by Crippen LogP contribution is -2.33. The molecule has 0 aliphatic heterocycles. The fourth-order valence-corrected chi connectivity index (χ4v) is 3.61. The molecule has 0 fully saturated rings. The minimum Gasteiger partial charge on any atom is -0.366 e. The summed E-state index contributed by atoms with van der Waals surface area (Å²) in [7, 11) is 0. The van der Waals surface area contributed by atoms with Gasteiger partial charge >= 0.3 is 0 Å². The van der Waals surface area contributed by atoms with Crippen molar-refractivity contribution in [3.8, 4) is 0 Å². The third-order valence-corrected chi connectivity index (χ3v) is 5.45. The average molecular weight is 457 g/mol. The number of carbonyl (C=O) groups excluding carboxylic acids is 1. The Morgan fingerprint density at radius 3 is 1.43 bits per heavy atom. The molecule has 0 atom stereocenters. The molecule has 1 aromatic rings. The van der Waals surface area contributed by atoms with Gasteiger partial charge in [-0.05, 0) is 6.42 Å². The summed E-state index contributed by atoms with van der Waals surface area (Å²) >= 11 is 0. The van der Waals surface area contributed by atoms with Crippen LogP contribution in [0.5, 0.6) is 0 Å². The van der Waals surface area contributed by atoms with Crippen molar-refractivity contribution in [3.63, 3.8) is 0 Å². The molecule has 0 bridgehead atoms. The van der Waals surface area contributed by atoms with Crippen LogP contribution in [0.4, 0.5) is 0 Å². The highest BCUT2D eigenvalue weighted by molar-refractivity contribution is 8.93. The fourth-order valence-electron chi connectivity index (χ4n) is 3.61. The molecule has 28 heavy (non-hydrogen) atoms. The number of nitrogens with two attached hydrogens (primary N) is 1. The second-order valence-corrected chi connectivity index (χ2v) is 7.99. The van der Waals surface area contributed by atoms with Crippen LogP contribution in [-0.4, -0.2) is 5.91 Å². The summed E-state index contributed by atoms with van der Waals surface area (Å²) in [4.78, 5) is 11.0. The number of hydrogen-bond donors (Lipinski definition) is 1. The zero-order valence-corrected chi connectivity index (χ0v) is 19.9. The molecule has 0 aliphatic rings. The van der Waals surface area contributed by atoms with Crippen molar-refractivity contribution in [2.45, 2.75) is 116 Å². The number of nitrogens with zero attached hydrogens (tertiary/aromatic N) is 1. The Bertz CT molecular complexity index is 476. The second kappa shape index (κ2) is 19.4. The maximum absolute atomic E-state index is 11.0. The van der Waals surface area contributed by atoms with E-state index in [2.05, 4.69) is 11.5 Å². The maximum atomic E-state index is 11.0. The van der Waals surface area contributed by atoms with E-state index >= 15 is 0 Å². The summed E-state index contributed by atoms with van der Waals surface area (Å²) in [6.07, 6.45) is 26.3. The summed E-state index contributed by atoms with van der Waals surface area (Å²) in [5.74, 6) is -0.357. The Balaban J connectivity index is 0.00000729. The van der Waals surface area contributed by atoms with Gasteiger partial charge in [-0.15, -0.1) is 17.0 Å². The van der Waals surface area contributed by atoms with Gasteiger partial charge in [0, 0.05) is 18.6 Å². The van der Waals surface area contributed by atoms with Crippen molar-refractivity contribution in [3.05, 3.63) is 30.1 Å². The third-order valence-electron chi connectivity index (χ3n) is 5.45. The van der Waals surface area contributed by atoms with Gasteiger partial charge in [-0.2, -0.15) is 0 Å². The summed E-state index contributed by atoms with van der Waals surface area (Å²) < 4.78 is 2.14. The van der Waals surface area contributed by atoms with Gasteiger partial charge in [0.2, 0.25) is 5.91 Å². The summed E-state index contributed by atoms with van der Waals surface area (Å²) in [5.41, 5.74) is 5.84. The van der Waals surface area contributed by atoms with E-state index in [1.165, 1.54) is 103 Å². The number of unbranched alkanes of at least 4 members (excludes halogenated alkanes) is 15. The highest BCUT2D eigenvalue weighted by Gasteiger charge is 2.04. The molecule has 0 saturated heterocycles. The van der Waals surface area contributed by atoms with Gasteiger partial charge in [0.1, 0.15) is 6.54 Å². The molecular weight excluding hydrogens is 412 g/mol. The van der Waals surface area contributed by atoms with Crippen molar-refractivity contribution >= 4 is 22.9 Å². The third kappa shape index (κ3) is 15.1. The lowest BCUT2D eigenvalue weighted by atomic mass is 10.0. The van der Waals surface area contributed by atoms with E-state index in [4.69, 9.17) is 5.73 Å². The minimum absolute atomic E-state index is 0. The molecule has 1 heterocycles. The van der Waals surface area contributed by atoms with Gasteiger partial charge in [-0.3, -0.25) is 4.79 Å². The van der Waals surface area contributed by atoms with Crippen molar-refractivity contribution in [2.24, 2.45) is 5.73 Å². The molecule has 0 radical (unpaired) electrons. The quantitative estimate of drug-likeness (QED) is 0.189. The van der Waals surface area contributed by atoms with Gasteiger partial charge in [-0.1, -0.05) is 96.8 Å². The molecular formula is C24H44BrN2O+. The van der Waals surface area contributed by atoms with Gasteiger partial charge in [0.15, 0.2) is 12.4 Å². The molecule has 0 saturated carbocycles. The van der Waals surface area contributed by atoms with Gasteiger partial charge in [-0.25, -0.2) is 4.57 Å². The molecule has 3 nitrogen and oxygen atoms in total. The van der Waals surface area contributed by atoms with Crippen molar-refractivity contribution in [2.75, 3.05) is 0 Å². The van der Waals surface area contributed by atoms with Crippen LogP contribution in [0, 0.1) is 0 Å². The second-order valence-electron chi connectivity index (χ2n) is 7.99. The molecule has 4 heteroatoms. The van der Waals surface area contributed by atoms with E-state index in [0.717, 1.165) is 6.54 Å². The Morgan fingerprint density at radius 2 is 1.07 bits per heavy atom. The van der Waals surface area contributed by atoms with Crippen LogP contribution in [0.3, 0.4) is 0 Å². The lowest BCUT2D eigenvalue weighted by molar-refractivity contribution is -0.697. The molecule has 162 valence electrons. The predicted molar refractivity (Wildman–Crippen MR) is 125 cm³/mol. The summed E-state index contributed by atoms with van der Waals surface area (Å²) in [5, 5.41) is 0. The first-order chi connectivity index (χ1) is 13.2. The van der Waals surface area contributed by atoms with Crippen molar-refractivity contribution in [1.82, 2.24) is 0 Å². The van der Waals surface area contributed by atoms with Crippen molar-refractivity contribution < 1.29 is 9.36 Å². The van der Waals surface area contributed by atoms with Crippen LogP contribution in [-0.2, 0) is 6.54 Å². The van der Waals surface area contributed by atoms with Crippen LogP contribution in [0.25, 0.3) is 0 Å². The zero-order chi connectivity index (χ0) is 19.6. The fraction of sp³-hybridized carbons (Fsp3) is 0.750. The normalized spacial score (nSPS) is 10.6. The molecule has 0 spiro atoms. The highest BCUT2D eigenvalue weighted by atomic mass is 79.9. The van der Waals surface area contributed by atoms with Crippen molar-refractivity contribution in [1.29, 1.82) is 0 Å². The number of primary amides is 1. The standard InChI is InChI=1S/C24H42N2O.BrH/c1-2-3-4-5-6-7-8-9-10-11-12-13-14-15-16-17-20-26-21-18-23(19-22-26)24(25)27;/h18-19,21-22H,2-17,20H2,1H3,(H-,25,27);1H/p+1. The van der Waals surface area contributed by atoms with E-state index in [1.54, 1.807) is 12.1 Å². The number of aryl methyl sites for hydroxylation is 1. The van der Waals surface area contributed by atoms with Crippen LogP contribution >= 0.6 is 17.0 Å². The van der Waals surface area contributed by atoms with E-state index in [-0.39, 0.29) is 22.9 Å². The SMILES string of the molecule is Br.CCCCCCCCCCCCCCCCCC[n+]1ccc(C(N)=O)cc1. The zero-order valence-electron chi connectivity index (χ0n) is 18.2. The summed E-state index contributed by atoms with van der Waals surface area (Å²) in [6, 6.07) is 3.60. The van der Waals surface area contributed by atoms with E-state index in [9.17, 15) is 4.79 Å². The lowest BCUT2D eigenvalue weighted by Gasteiger charge is -2.03. The molecule has 1 amide bonds. The topological polar surface area (TPSA) is 47.0 Å². The number of pyridine rings is 1. The predicted octanol–water partition coefficient (Wildman–Crippen LogP) is 6.91. The molecule has 0 unspecified atom stereocenters. The number of carbonyl (C=O) groups is 1. The largest absolute Gasteiger partial charge is 0.366 e. The van der Waals surface area contributed by atoms with Gasteiger partial charge in [0.25, 0.3) is 0 Å². The van der Waals surface area contributed by atoms with Gasteiger partial charge in [0.05, 0.1) is 5.56 Å². The van der Waals surface area contributed by atoms with Crippen LogP contribution in [0.15, 0.2) is 24.5 Å².